The van der Waals surface area contributed by atoms with E-state index in [2.05, 4.69) is 21.5 Å². The largest absolute Gasteiger partial charge is 0.384 e. The van der Waals surface area contributed by atoms with Crippen molar-refractivity contribution in [3.8, 4) is 0 Å². The number of nitrogens with one attached hydrogen (secondary N) is 1. The highest BCUT2D eigenvalue weighted by atomic mass is 15.2. The average molecular weight is 220 g/mol. The number of nitrogen functional groups attached to an aromatic ring is 1. The van der Waals surface area contributed by atoms with E-state index >= 15 is 0 Å². The standard InChI is InChI=1S/C10H16N6/c1-6(11)15-10(16(2)7-3-4-7)8-9(12)14-5-13-8/h5,7H,1,3-4,11-12H2,2H3,(H,13,14)/b15-10+. The minimum absolute atomic E-state index is 0.255. The third-order valence-electron chi connectivity index (χ3n) is 2.56. The molecule has 1 heterocycles. The third kappa shape index (κ3) is 2.00. The van der Waals surface area contributed by atoms with Crippen molar-refractivity contribution in [2.45, 2.75) is 18.9 Å². The molecule has 0 amide bonds. The average Bonchev–Trinajstić information content (AvgIpc) is 2.98. The van der Waals surface area contributed by atoms with E-state index in [-0.39, 0.29) is 5.82 Å². The summed E-state index contributed by atoms with van der Waals surface area (Å²) < 4.78 is 0. The molecule has 2 rings (SSSR count). The van der Waals surface area contributed by atoms with Gasteiger partial charge in [-0.25, -0.2) is 9.98 Å². The number of aliphatic imine (C=N–C) groups is 1. The van der Waals surface area contributed by atoms with Gasteiger partial charge in [-0.2, -0.15) is 0 Å². The SMILES string of the molecule is C=C(N)/N=C(\c1nc[nH]c1N)N(C)C1CC1. The molecule has 0 aromatic carbocycles. The number of amidine groups is 1. The fourth-order valence-corrected chi connectivity index (χ4v) is 1.55. The molecule has 6 heteroatoms. The molecule has 1 fully saturated rings. The molecule has 0 aliphatic heterocycles. The van der Waals surface area contributed by atoms with Gasteiger partial charge in [-0.15, -0.1) is 0 Å². The molecule has 0 atom stereocenters. The molecule has 5 N–H and O–H groups in total. The lowest BCUT2D eigenvalue weighted by atomic mass is 10.3. The Morgan fingerprint density at radius 3 is 2.81 bits per heavy atom. The summed E-state index contributed by atoms with van der Waals surface area (Å²) >= 11 is 0. The van der Waals surface area contributed by atoms with Gasteiger partial charge in [0.15, 0.2) is 5.84 Å². The van der Waals surface area contributed by atoms with E-state index in [1.807, 2.05) is 11.9 Å². The maximum atomic E-state index is 5.78. The molecule has 6 nitrogen and oxygen atoms in total. The molecule has 1 saturated carbocycles. The summed E-state index contributed by atoms with van der Waals surface area (Å²) in [4.78, 5) is 13.2. The summed E-state index contributed by atoms with van der Waals surface area (Å²) in [6.07, 6.45) is 3.87. The van der Waals surface area contributed by atoms with Crippen molar-refractivity contribution in [1.29, 1.82) is 0 Å². The van der Waals surface area contributed by atoms with Crippen molar-refractivity contribution in [3.05, 3.63) is 24.4 Å². The van der Waals surface area contributed by atoms with Gasteiger partial charge in [-0.3, -0.25) is 0 Å². The van der Waals surface area contributed by atoms with Gasteiger partial charge in [-0.05, 0) is 12.8 Å². The van der Waals surface area contributed by atoms with Gasteiger partial charge in [0.05, 0.1) is 6.33 Å². The van der Waals surface area contributed by atoms with Crippen LogP contribution in [0.15, 0.2) is 23.7 Å². The third-order valence-corrected chi connectivity index (χ3v) is 2.56. The van der Waals surface area contributed by atoms with Crippen molar-refractivity contribution in [3.63, 3.8) is 0 Å². The van der Waals surface area contributed by atoms with Gasteiger partial charge in [0.1, 0.15) is 17.3 Å². The Morgan fingerprint density at radius 2 is 2.38 bits per heavy atom. The Morgan fingerprint density at radius 1 is 1.69 bits per heavy atom. The number of H-pyrrole nitrogens is 1. The first-order valence-electron chi connectivity index (χ1n) is 5.14. The minimum Gasteiger partial charge on any atom is -0.384 e. The number of nitrogens with two attached hydrogens (primary N) is 2. The van der Waals surface area contributed by atoms with Gasteiger partial charge < -0.3 is 21.4 Å². The molecule has 16 heavy (non-hydrogen) atoms. The first kappa shape index (κ1) is 10.5. The highest BCUT2D eigenvalue weighted by Gasteiger charge is 2.30. The molecular weight excluding hydrogens is 204 g/mol. The van der Waals surface area contributed by atoms with Crippen LogP contribution < -0.4 is 11.5 Å². The van der Waals surface area contributed by atoms with Crippen LogP contribution in [0.4, 0.5) is 5.82 Å². The molecule has 0 spiro atoms. The Hall–Kier alpha value is -1.98. The molecular formula is C10H16N6. The normalized spacial score (nSPS) is 16.2. The zero-order valence-electron chi connectivity index (χ0n) is 9.27. The minimum atomic E-state index is 0.255. The van der Waals surface area contributed by atoms with Crippen LogP contribution in [-0.2, 0) is 0 Å². The number of hydrogen-bond donors (Lipinski definition) is 3. The van der Waals surface area contributed by atoms with Crippen LogP contribution in [0.2, 0.25) is 0 Å². The molecule has 1 aromatic rings. The van der Waals surface area contributed by atoms with E-state index in [0.717, 1.165) is 12.8 Å². The summed E-state index contributed by atoms with van der Waals surface area (Å²) in [5, 5.41) is 0. The topological polar surface area (TPSA) is 96.3 Å². The number of aromatic amines is 1. The first-order valence-corrected chi connectivity index (χ1v) is 5.14. The monoisotopic (exact) mass is 220 g/mol. The van der Waals surface area contributed by atoms with Gasteiger partial charge in [0.25, 0.3) is 0 Å². The van der Waals surface area contributed by atoms with Gasteiger partial charge in [0.2, 0.25) is 0 Å². The van der Waals surface area contributed by atoms with Crippen LogP contribution in [-0.4, -0.2) is 33.8 Å². The number of hydrogen-bond acceptors (Lipinski definition) is 4. The van der Waals surface area contributed by atoms with Gasteiger partial charge in [-0.1, -0.05) is 6.58 Å². The highest BCUT2D eigenvalue weighted by molar-refractivity contribution is 6.01. The molecule has 0 radical (unpaired) electrons. The van der Waals surface area contributed by atoms with Crippen molar-refractivity contribution >= 4 is 11.7 Å². The Balaban J connectivity index is 2.34. The lowest BCUT2D eigenvalue weighted by Crippen LogP contribution is -2.31. The second-order valence-corrected chi connectivity index (χ2v) is 3.93. The van der Waals surface area contributed by atoms with Crippen molar-refractivity contribution in [2.75, 3.05) is 12.8 Å². The number of anilines is 1. The van der Waals surface area contributed by atoms with E-state index < -0.39 is 0 Å². The second kappa shape index (κ2) is 3.88. The second-order valence-electron chi connectivity index (χ2n) is 3.93. The van der Waals surface area contributed by atoms with E-state index in [4.69, 9.17) is 11.5 Å². The fraction of sp³-hybridized carbons (Fsp3) is 0.400. The van der Waals surface area contributed by atoms with Crippen molar-refractivity contribution in [1.82, 2.24) is 14.9 Å². The van der Waals surface area contributed by atoms with Crippen LogP contribution >= 0.6 is 0 Å². The molecule has 0 bridgehead atoms. The van der Waals surface area contributed by atoms with E-state index in [1.54, 1.807) is 6.33 Å². The van der Waals surface area contributed by atoms with Crippen molar-refractivity contribution < 1.29 is 0 Å². The zero-order valence-corrected chi connectivity index (χ0v) is 9.27. The maximum absolute atomic E-state index is 5.78. The van der Waals surface area contributed by atoms with Crippen LogP contribution in [0, 0.1) is 0 Å². The Labute approximate surface area is 94.1 Å². The quantitative estimate of drug-likeness (QED) is 0.503. The molecule has 1 aliphatic carbocycles. The van der Waals surface area contributed by atoms with Gasteiger partial charge in [0, 0.05) is 13.1 Å². The maximum Gasteiger partial charge on any atom is 0.160 e. The zero-order chi connectivity index (χ0) is 11.7. The number of nitrogens with zero attached hydrogens (tertiary/aromatic N) is 3. The van der Waals surface area contributed by atoms with Crippen LogP contribution in [0.3, 0.4) is 0 Å². The van der Waals surface area contributed by atoms with Crippen molar-refractivity contribution in [2.24, 2.45) is 10.7 Å². The van der Waals surface area contributed by atoms with E-state index in [0.29, 0.717) is 23.4 Å². The molecule has 1 aliphatic rings. The van der Waals surface area contributed by atoms with Crippen LogP contribution in [0.25, 0.3) is 0 Å². The lowest BCUT2D eigenvalue weighted by Gasteiger charge is -2.19. The summed E-state index contributed by atoms with van der Waals surface area (Å²) in [7, 11) is 1.97. The summed E-state index contributed by atoms with van der Waals surface area (Å²) in [6.45, 7) is 3.58. The lowest BCUT2D eigenvalue weighted by molar-refractivity contribution is 0.495. The van der Waals surface area contributed by atoms with Gasteiger partial charge >= 0.3 is 0 Å². The molecule has 0 unspecified atom stereocenters. The number of rotatable bonds is 3. The number of imidazole rings is 1. The smallest absolute Gasteiger partial charge is 0.160 e. The Kier molecular flexibility index (Phi) is 2.55. The number of aromatic nitrogens is 2. The summed E-state index contributed by atoms with van der Waals surface area (Å²) in [5.74, 6) is 1.42. The summed E-state index contributed by atoms with van der Waals surface area (Å²) in [5.41, 5.74) is 11.9. The molecule has 86 valence electrons. The van der Waals surface area contributed by atoms with Crippen LogP contribution in [0.1, 0.15) is 18.5 Å². The fourth-order valence-electron chi connectivity index (χ4n) is 1.55. The summed E-state index contributed by atoms with van der Waals surface area (Å²) in [6, 6.07) is 0.509. The van der Waals surface area contributed by atoms with Crippen LogP contribution in [0.5, 0.6) is 0 Å². The predicted molar refractivity (Wildman–Crippen MR) is 63.6 cm³/mol. The Bertz CT molecular complexity index is 428. The van der Waals surface area contributed by atoms with E-state index in [1.165, 1.54) is 0 Å². The predicted octanol–water partition coefficient (Wildman–Crippen LogP) is 0.263. The molecule has 0 saturated heterocycles. The van der Waals surface area contributed by atoms with E-state index in [9.17, 15) is 0 Å². The first-order chi connectivity index (χ1) is 7.59. The highest BCUT2D eigenvalue weighted by Crippen LogP contribution is 2.27. The molecule has 1 aromatic heterocycles.